The van der Waals surface area contributed by atoms with Gasteiger partial charge in [0.25, 0.3) is 0 Å². The standard InChI is InChI=1S/C13H23N3O.3ClH/c1-2-17-13-5-3-11(4-6-13)9-12(15)10-16-8-7-14;;;/h3-6,12,16H,2,7-10,14-15H2,1H3;3*1H/t12-;;;/m0.../s1. The Hall–Kier alpha value is -0.230. The van der Waals surface area contributed by atoms with E-state index in [-0.39, 0.29) is 43.3 Å². The van der Waals surface area contributed by atoms with Gasteiger partial charge in [0.2, 0.25) is 0 Å². The lowest BCUT2D eigenvalue weighted by atomic mass is 10.1. The normalized spacial score (nSPS) is 10.6. The zero-order valence-corrected chi connectivity index (χ0v) is 14.2. The number of hydrogen-bond donors (Lipinski definition) is 3. The highest BCUT2D eigenvalue weighted by Crippen LogP contribution is 2.12. The summed E-state index contributed by atoms with van der Waals surface area (Å²) in [5.74, 6) is 0.908. The molecule has 0 bridgehead atoms. The largest absolute Gasteiger partial charge is 0.494 e. The maximum absolute atomic E-state index is 6.01. The van der Waals surface area contributed by atoms with Gasteiger partial charge in [-0.15, -0.1) is 37.2 Å². The van der Waals surface area contributed by atoms with Crippen molar-refractivity contribution >= 4 is 37.2 Å². The van der Waals surface area contributed by atoms with E-state index in [9.17, 15) is 0 Å². The van der Waals surface area contributed by atoms with E-state index in [1.165, 1.54) is 5.56 Å². The van der Waals surface area contributed by atoms with Crippen LogP contribution in [0.25, 0.3) is 0 Å². The molecule has 1 aromatic carbocycles. The van der Waals surface area contributed by atoms with Crippen LogP contribution in [0.4, 0.5) is 0 Å². The van der Waals surface area contributed by atoms with E-state index in [1.54, 1.807) is 0 Å². The van der Waals surface area contributed by atoms with Crippen LogP contribution in [0.5, 0.6) is 5.75 Å². The third kappa shape index (κ3) is 10.5. The van der Waals surface area contributed by atoms with E-state index in [2.05, 4.69) is 17.4 Å². The molecule has 0 unspecified atom stereocenters. The number of ether oxygens (including phenoxy) is 1. The SMILES string of the molecule is CCOc1ccc(C[C@H](N)CNCCN)cc1.Cl.Cl.Cl. The molecule has 0 aliphatic heterocycles. The van der Waals surface area contributed by atoms with Crippen LogP contribution < -0.4 is 21.5 Å². The van der Waals surface area contributed by atoms with Crippen molar-refractivity contribution < 1.29 is 4.74 Å². The summed E-state index contributed by atoms with van der Waals surface area (Å²) in [5.41, 5.74) is 12.6. The first-order chi connectivity index (χ1) is 8.26. The lowest BCUT2D eigenvalue weighted by Crippen LogP contribution is -2.37. The fourth-order valence-electron chi connectivity index (χ4n) is 1.65. The Balaban J connectivity index is -0.000000963. The Bertz CT molecular complexity index is 312. The topological polar surface area (TPSA) is 73.3 Å². The van der Waals surface area contributed by atoms with E-state index in [1.807, 2.05) is 19.1 Å². The van der Waals surface area contributed by atoms with Crippen LogP contribution in [0.3, 0.4) is 0 Å². The van der Waals surface area contributed by atoms with Gasteiger partial charge >= 0.3 is 0 Å². The Labute approximate surface area is 140 Å². The summed E-state index contributed by atoms with van der Waals surface area (Å²) in [6.45, 7) is 4.94. The fourth-order valence-corrected chi connectivity index (χ4v) is 1.65. The van der Waals surface area contributed by atoms with Crippen molar-refractivity contribution in [3.63, 3.8) is 0 Å². The molecule has 0 spiro atoms. The third-order valence-corrected chi connectivity index (χ3v) is 2.46. The van der Waals surface area contributed by atoms with Gasteiger partial charge in [0.05, 0.1) is 6.61 Å². The summed E-state index contributed by atoms with van der Waals surface area (Å²) in [7, 11) is 0. The minimum Gasteiger partial charge on any atom is -0.494 e. The van der Waals surface area contributed by atoms with Crippen LogP contribution in [0, 0.1) is 0 Å². The van der Waals surface area contributed by atoms with E-state index < -0.39 is 0 Å². The first-order valence-electron chi connectivity index (χ1n) is 6.14. The van der Waals surface area contributed by atoms with Crippen molar-refractivity contribution in [2.24, 2.45) is 11.5 Å². The van der Waals surface area contributed by atoms with Crippen LogP contribution in [-0.4, -0.2) is 32.3 Å². The Kier molecular flexibility index (Phi) is 18.8. The van der Waals surface area contributed by atoms with E-state index in [0.29, 0.717) is 13.2 Å². The summed E-state index contributed by atoms with van der Waals surface area (Å²) in [4.78, 5) is 0. The lowest BCUT2D eigenvalue weighted by Gasteiger charge is -2.12. The van der Waals surface area contributed by atoms with Gasteiger partial charge < -0.3 is 21.5 Å². The lowest BCUT2D eigenvalue weighted by molar-refractivity contribution is 0.340. The van der Waals surface area contributed by atoms with Crippen LogP contribution >= 0.6 is 37.2 Å². The Morgan fingerprint density at radius 1 is 1.15 bits per heavy atom. The predicted molar refractivity (Wildman–Crippen MR) is 93.0 cm³/mol. The summed E-state index contributed by atoms with van der Waals surface area (Å²) >= 11 is 0. The fraction of sp³-hybridized carbons (Fsp3) is 0.538. The van der Waals surface area contributed by atoms with Crippen molar-refractivity contribution in [3.05, 3.63) is 29.8 Å². The maximum atomic E-state index is 6.01. The second-order valence-corrected chi connectivity index (χ2v) is 4.03. The zero-order valence-electron chi connectivity index (χ0n) is 11.7. The molecule has 7 heteroatoms. The highest BCUT2D eigenvalue weighted by molar-refractivity contribution is 5.86. The minimum absolute atomic E-state index is 0. The van der Waals surface area contributed by atoms with E-state index >= 15 is 0 Å². The predicted octanol–water partition coefficient (Wildman–Crippen LogP) is 1.77. The van der Waals surface area contributed by atoms with Crippen molar-refractivity contribution in [1.29, 1.82) is 0 Å². The second-order valence-electron chi connectivity index (χ2n) is 4.03. The molecule has 0 fully saturated rings. The molecule has 1 atom stereocenters. The number of nitrogens with one attached hydrogen (secondary N) is 1. The molecule has 4 nitrogen and oxygen atoms in total. The molecule has 0 aliphatic rings. The molecule has 20 heavy (non-hydrogen) atoms. The molecule has 0 aromatic heterocycles. The average Bonchev–Trinajstić information content (AvgIpc) is 2.32. The molecule has 0 amide bonds. The van der Waals surface area contributed by atoms with Gasteiger partial charge in [0.1, 0.15) is 5.75 Å². The molecule has 1 aromatic rings. The summed E-state index contributed by atoms with van der Waals surface area (Å²) in [5, 5.41) is 3.21. The number of hydrogen-bond acceptors (Lipinski definition) is 4. The highest BCUT2D eigenvalue weighted by atomic mass is 35.5. The van der Waals surface area contributed by atoms with Crippen LogP contribution in [-0.2, 0) is 6.42 Å². The van der Waals surface area contributed by atoms with Gasteiger partial charge in [0.15, 0.2) is 0 Å². The van der Waals surface area contributed by atoms with Gasteiger partial charge in [-0.3, -0.25) is 0 Å². The number of rotatable bonds is 8. The van der Waals surface area contributed by atoms with Crippen molar-refractivity contribution in [2.45, 2.75) is 19.4 Å². The number of benzene rings is 1. The Morgan fingerprint density at radius 2 is 1.75 bits per heavy atom. The van der Waals surface area contributed by atoms with Gasteiger partial charge in [-0.05, 0) is 31.0 Å². The van der Waals surface area contributed by atoms with Gasteiger partial charge in [-0.25, -0.2) is 0 Å². The van der Waals surface area contributed by atoms with Gasteiger partial charge in [-0.1, -0.05) is 12.1 Å². The van der Waals surface area contributed by atoms with Crippen LogP contribution in [0.15, 0.2) is 24.3 Å². The molecule has 0 aliphatic carbocycles. The van der Waals surface area contributed by atoms with Gasteiger partial charge in [-0.2, -0.15) is 0 Å². The first kappa shape index (κ1) is 24.8. The number of halogens is 3. The van der Waals surface area contributed by atoms with Crippen LogP contribution in [0.1, 0.15) is 12.5 Å². The molecule has 0 saturated heterocycles. The highest BCUT2D eigenvalue weighted by Gasteiger charge is 2.03. The molecule has 0 heterocycles. The first-order valence-corrected chi connectivity index (χ1v) is 6.14. The van der Waals surface area contributed by atoms with Crippen molar-refractivity contribution in [2.75, 3.05) is 26.2 Å². The molecular weight excluding hydrogens is 321 g/mol. The molecule has 0 saturated carbocycles. The quantitative estimate of drug-likeness (QED) is 0.627. The summed E-state index contributed by atoms with van der Waals surface area (Å²) in [6.07, 6.45) is 0.865. The third-order valence-electron chi connectivity index (χ3n) is 2.46. The summed E-state index contributed by atoms with van der Waals surface area (Å²) in [6, 6.07) is 8.22. The Morgan fingerprint density at radius 3 is 2.25 bits per heavy atom. The maximum Gasteiger partial charge on any atom is 0.119 e. The van der Waals surface area contributed by atoms with Crippen molar-refractivity contribution in [3.8, 4) is 5.75 Å². The summed E-state index contributed by atoms with van der Waals surface area (Å²) < 4.78 is 5.39. The molecule has 5 N–H and O–H groups in total. The molecule has 1 rings (SSSR count). The smallest absolute Gasteiger partial charge is 0.119 e. The monoisotopic (exact) mass is 345 g/mol. The zero-order chi connectivity index (χ0) is 12.5. The minimum atomic E-state index is 0. The van der Waals surface area contributed by atoms with Gasteiger partial charge in [0, 0.05) is 25.7 Å². The molecular formula is C13H26Cl3N3O. The van der Waals surface area contributed by atoms with Crippen molar-refractivity contribution in [1.82, 2.24) is 5.32 Å². The number of nitrogens with two attached hydrogens (primary N) is 2. The average molecular weight is 347 g/mol. The second kappa shape index (κ2) is 15.2. The van der Waals surface area contributed by atoms with E-state index in [4.69, 9.17) is 16.2 Å². The molecule has 120 valence electrons. The van der Waals surface area contributed by atoms with E-state index in [0.717, 1.165) is 25.3 Å². The van der Waals surface area contributed by atoms with Crippen LogP contribution in [0.2, 0.25) is 0 Å². The molecule has 0 radical (unpaired) electrons.